The van der Waals surface area contributed by atoms with Gasteiger partial charge in [-0.3, -0.25) is 4.79 Å². The maximum atomic E-state index is 12.0. The molecule has 1 unspecified atom stereocenters. The Hall–Kier alpha value is -1.26. The van der Waals surface area contributed by atoms with Gasteiger partial charge in [-0.2, -0.15) is 0 Å². The SMILES string of the molecule is NC(=NO)C(NC(=O)CC1CCCCC1)C1CC1. The molecule has 4 N–H and O–H groups in total. The summed E-state index contributed by atoms with van der Waals surface area (Å²) in [7, 11) is 0. The number of rotatable bonds is 5. The lowest BCUT2D eigenvalue weighted by molar-refractivity contribution is -0.122. The normalized spacial score (nSPS) is 23.7. The van der Waals surface area contributed by atoms with Crippen LogP contribution in [0, 0.1) is 11.8 Å². The predicted octanol–water partition coefficient (Wildman–Crippen LogP) is 1.60. The van der Waals surface area contributed by atoms with Crippen molar-refractivity contribution in [1.29, 1.82) is 0 Å². The summed E-state index contributed by atoms with van der Waals surface area (Å²) in [6.07, 6.45) is 8.77. The first-order valence-electron chi connectivity index (χ1n) is 6.97. The average molecular weight is 253 g/mol. The van der Waals surface area contributed by atoms with Crippen molar-refractivity contribution in [2.75, 3.05) is 0 Å². The number of nitrogens with one attached hydrogen (secondary N) is 1. The van der Waals surface area contributed by atoms with Gasteiger partial charge in [0.1, 0.15) is 0 Å². The zero-order valence-electron chi connectivity index (χ0n) is 10.8. The first-order chi connectivity index (χ1) is 8.70. The van der Waals surface area contributed by atoms with Crippen LogP contribution in [0.2, 0.25) is 0 Å². The second kappa shape index (κ2) is 6.07. The first-order valence-corrected chi connectivity index (χ1v) is 6.97. The van der Waals surface area contributed by atoms with E-state index in [9.17, 15) is 4.79 Å². The molecule has 0 aromatic carbocycles. The molecule has 0 aliphatic heterocycles. The fourth-order valence-electron chi connectivity index (χ4n) is 2.81. The Morgan fingerprint density at radius 2 is 1.94 bits per heavy atom. The van der Waals surface area contributed by atoms with E-state index in [2.05, 4.69) is 10.5 Å². The summed E-state index contributed by atoms with van der Waals surface area (Å²) in [5.41, 5.74) is 5.62. The summed E-state index contributed by atoms with van der Waals surface area (Å²) in [4.78, 5) is 12.0. The minimum Gasteiger partial charge on any atom is -0.409 e. The molecule has 2 aliphatic rings. The molecule has 0 spiro atoms. The Morgan fingerprint density at radius 1 is 1.28 bits per heavy atom. The highest BCUT2D eigenvalue weighted by Gasteiger charge is 2.35. The number of oxime groups is 1. The average Bonchev–Trinajstić information content (AvgIpc) is 3.20. The molecule has 18 heavy (non-hydrogen) atoms. The summed E-state index contributed by atoms with van der Waals surface area (Å²) >= 11 is 0. The van der Waals surface area contributed by atoms with Gasteiger partial charge in [0.15, 0.2) is 5.84 Å². The highest BCUT2D eigenvalue weighted by atomic mass is 16.4. The number of nitrogens with two attached hydrogens (primary N) is 1. The number of amidine groups is 1. The standard InChI is InChI=1S/C13H23N3O2/c14-13(16-18)12(10-6-7-10)15-11(17)8-9-4-2-1-3-5-9/h9-10,12,18H,1-8H2,(H2,14,16)(H,15,17). The second-order valence-electron chi connectivity index (χ2n) is 5.62. The van der Waals surface area contributed by atoms with Gasteiger partial charge in [-0.1, -0.05) is 24.4 Å². The molecular weight excluding hydrogens is 230 g/mol. The third-order valence-corrected chi connectivity index (χ3v) is 4.04. The third kappa shape index (κ3) is 3.62. The monoisotopic (exact) mass is 253 g/mol. The summed E-state index contributed by atoms with van der Waals surface area (Å²) in [6, 6.07) is -0.272. The number of carbonyl (C=O) groups excluding carboxylic acids is 1. The van der Waals surface area contributed by atoms with E-state index in [1.165, 1.54) is 19.3 Å². The van der Waals surface area contributed by atoms with E-state index in [4.69, 9.17) is 10.9 Å². The molecule has 5 nitrogen and oxygen atoms in total. The maximum Gasteiger partial charge on any atom is 0.220 e. The summed E-state index contributed by atoms with van der Waals surface area (Å²) in [6.45, 7) is 0. The van der Waals surface area contributed by atoms with Crippen LogP contribution in [-0.4, -0.2) is 23.0 Å². The molecule has 2 saturated carbocycles. The largest absolute Gasteiger partial charge is 0.409 e. The second-order valence-corrected chi connectivity index (χ2v) is 5.62. The highest BCUT2D eigenvalue weighted by Crippen LogP contribution is 2.33. The minimum atomic E-state index is -0.272. The number of amides is 1. The van der Waals surface area contributed by atoms with E-state index >= 15 is 0 Å². The number of carbonyl (C=O) groups is 1. The Balaban J connectivity index is 1.81. The lowest BCUT2D eigenvalue weighted by Gasteiger charge is -2.23. The van der Waals surface area contributed by atoms with Crippen LogP contribution in [-0.2, 0) is 4.79 Å². The van der Waals surface area contributed by atoms with Crippen molar-refractivity contribution < 1.29 is 10.0 Å². The Morgan fingerprint density at radius 3 is 2.50 bits per heavy atom. The van der Waals surface area contributed by atoms with Gasteiger partial charge in [0.25, 0.3) is 0 Å². The molecule has 1 amide bonds. The molecule has 0 bridgehead atoms. The van der Waals surface area contributed by atoms with Gasteiger partial charge in [0, 0.05) is 6.42 Å². The van der Waals surface area contributed by atoms with Gasteiger partial charge in [-0.15, -0.1) is 0 Å². The number of nitrogens with zero attached hydrogens (tertiary/aromatic N) is 1. The summed E-state index contributed by atoms with van der Waals surface area (Å²) in [5.74, 6) is 1.06. The molecule has 0 radical (unpaired) electrons. The van der Waals surface area contributed by atoms with Crippen LogP contribution in [0.4, 0.5) is 0 Å². The van der Waals surface area contributed by atoms with E-state index in [1.54, 1.807) is 0 Å². The Kier molecular flexibility index (Phi) is 4.44. The Labute approximate surface area is 108 Å². The minimum absolute atomic E-state index is 0.0467. The third-order valence-electron chi connectivity index (χ3n) is 4.04. The molecular formula is C13H23N3O2. The van der Waals surface area contributed by atoms with Gasteiger partial charge in [0.2, 0.25) is 5.91 Å². The maximum absolute atomic E-state index is 12.0. The molecule has 1 atom stereocenters. The highest BCUT2D eigenvalue weighted by molar-refractivity contribution is 5.90. The van der Waals surface area contributed by atoms with Gasteiger partial charge >= 0.3 is 0 Å². The van der Waals surface area contributed by atoms with Crippen molar-refractivity contribution in [1.82, 2.24) is 5.32 Å². The quantitative estimate of drug-likeness (QED) is 0.301. The van der Waals surface area contributed by atoms with Crippen molar-refractivity contribution in [2.45, 2.75) is 57.4 Å². The summed E-state index contributed by atoms with van der Waals surface area (Å²) in [5, 5.41) is 14.7. The number of hydrogen-bond donors (Lipinski definition) is 3. The van der Waals surface area contributed by atoms with Crippen LogP contribution >= 0.6 is 0 Å². The van der Waals surface area contributed by atoms with Crippen LogP contribution in [0.15, 0.2) is 5.16 Å². The smallest absolute Gasteiger partial charge is 0.220 e. The molecule has 0 aromatic heterocycles. The molecule has 0 aromatic rings. The van der Waals surface area contributed by atoms with Crippen molar-refractivity contribution >= 4 is 11.7 Å². The van der Waals surface area contributed by atoms with E-state index in [0.717, 1.165) is 25.7 Å². The van der Waals surface area contributed by atoms with E-state index in [-0.39, 0.29) is 17.8 Å². The molecule has 0 heterocycles. The van der Waals surface area contributed by atoms with Crippen LogP contribution in [0.3, 0.4) is 0 Å². The molecule has 102 valence electrons. The van der Waals surface area contributed by atoms with Crippen LogP contribution in [0.5, 0.6) is 0 Å². The van der Waals surface area contributed by atoms with Crippen molar-refractivity contribution in [2.24, 2.45) is 22.7 Å². The molecule has 2 fully saturated rings. The van der Waals surface area contributed by atoms with Crippen molar-refractivity contribution in [3.8, 4) is 0 Å². The lowest BCUT2D eigenvalue weighted by Crippen LogP contribution is -2.46. The zero-order chi connectivity index (χ0) is 13.0. The van der Waals surface area contributed by atoms with E-state index in [0.29, 0.717) is 18.3 Å². The Bertz CT molecular complexity index is 320. The molecule has 2 aliphatic carbocycles. The molecule has 0 saturated heterocycles. The molecule has 2 rings (SSSR count). The zero-order valence-corrected chi connectivity index (χ0v) is 10.8. The van der Waals surface area contributed by atoms with Gasteiger partial charge in [0.05, 0.1) is 6.04 Å². The number of hydrogen-bond acceptors (Lipinski definition) is 3. The topological polar surface area (TPSA) is 87.7 Å². The van der Waals surface area contributed by atoms with Crippen LogP contribution in [0.25, 0.3) is 0 Å². The van der Waals surface area contributed by atoms with Crippen molar-refractivity contribution in [3.63, 3.8) is 0 Å². The lowest BCUT2D eigenvalue weighted by atomic mass is 9.87. The van der Waals surface area contributed by atoms with Gasteiger partial charge < -0.3 is 16.3 Å². The van der Waals surface area contributed by atoms with Gasteiger partial charge in [-0.25, -0.2) is 0 Å². The van der Waals surface area contributed by atoms with Crippen LogP contribution in [0.1, 0.15) is 51.4 Å². The first kappa shape index (κ1) is 13.2. The van der Waals surface area contributed by atoms with E-state index < -0.39 is 0 Å². The molecule has 5 heteroatoms. The van der Waals surface area contributed by atoms with Crippen molar-refractivity contribution in [3.05, 3.63) is 0 Å². The van der Waals surface area contributed by atoms with Crippen LogP contribution < -0.4 is 11.1 Å². The van der Waals surface area contributed by atoms with Gasteiger partial charge in [-0.05, 0) is 37.5 Å². The summed E-state index contributed by atoms with van der Waals surface area (Å²) < 4.78 is 0. The van der Waals surface area contributed by atoms with E-state index in [1.807, 2.05) is 0 Å². The predicted molar refractivity (Wildman–Crippen MR) is 69.3 cm³/mol. The fraction of sp³-hybridized carbons (Fsp3) is 0.846. The fourth-order valence-corrected chi connectivity index (χ4v) is 2.81.